The molecule has 0 spiro atoms. The lowest BCUT2D eigenvalue weighted by Gasteiger charge is -2.36. The first-order valence-corrected chi connectivity index (χ1v) is 10.0. The van der Waals surface area contributed by atoms with Gasteiger partial charge in [0.2, 0.25) is 5.91 Å². The van der Waals surface area contributed by atoms with Crippen molar-refractivity contribution in [3.05, 3.63) is 87.6 Å². The fourth-order valence-corrected chi connectivity index (χ4v) is 3.78. The maximum atomic E-state index is 13.3. The van der Waals surface area contributed by atoms with Gasteiger partial charge in [0, 0.05) is 26.2 Å². The lowest BCUT2D eigenvalue weighted by Crippen LogP contribution is -2.49. The molecule has 6 nitrogen and oxygen atoms in total. The molecule has 0 N–H and O–H groups in total. The van der Waals surface area contributed by atoms with Crippen LogP contribution in [0, 0.1) is 5.82 Å². The number of rotatable bonds is 4. The van der Waals surface area contributed by atoms with Gasteiger partial charge in [0.15, 0.2) is 0 Å². The van der Waals surface area contributed by atoms with E-state index in [1.807, 2.05) is 23.1 Å². The second-order valence-electron chi connectivity index (χ2n) is 7.07. The summed E-state index contributed by atoms with van der Waals surface area (Å²) in [5.41, 5.74) is 1.47. The third-order valence-electron chi connectivity index (χ3n) is 5.12. The van der Waals surface area contributed by atoms with Crippen LogP contribution in [0.2, 0.25) is 5.02 Å². The van der Waals surface area contributed by atoms with Gasteiger partial charge < -0.3 is 9.80 Å². The third kappa shape index (κ3) is 4.21. The van der Waals surface area contributed by atoms with Gasteiger partial charge in [-0.25, -0.2) is 4.39 Å². The molecule has 0 atom stereocenters. The van der Waals surface area contributed by atoms with Crippen molar-refractivity contribution < 1.29 is 9.18 Å². The maximum Gasteiger partial charge on any atom is 0.292 e. The molecule has 1 fully saturated rings. The van der Waals surface area contributed by atoms with Crippen LogP contribution in [0.25, 0.3) is 5.69 Å². The van der Waals surface area contributed by atoms with Crippen molar-refractivity contribution in [2.24, 2.45) is 0 Å². The van der Waals surface area contributed by atoms with Crippen molar-refractivity contribution in [2.45, 2.75) is 6.42 Å². The monoisotopic (exact) mass is 426 g/mol. The minimum atomic E-state index is -0.384. The smallest absolute Gasteiger partial charge is 0.292 e. The zero-order chi connectivity index (χ0) is 21.1. The van der Waals surface area contributed by atoms with Gasteiger partial charge >= 0.3 is 0 Å². The fraction of sp³-hybridized carbons (Fsp3) is 0.227. The number of carbonyl (C=O) groups is 1. The second kappa shape index (κ2) is 8.67. The van der Waals surface area contributed by atoms with Crippen molar-refractivity contribution in [3.8, 4) is 5.69 Å². The van der Waals surface area contributed by atoms with Gasteiger partial charge in [0.25, 0.3) is 5.56 Å². The molecular weight excluding hydrogens is 407 g/mol. The Morgan fingerprint density at radius 1 is 1.03 bits per heavy atom. The van der Waals surface area contributed by atoms with Crippen LogP contribution in [0.15, 0.2) is 65.6 Å². The van der Waals surface area contributed by atoms with Gasteiger partial charge in [0.05, 0.1) is 24.0 Å². The molecule has 0 aliphatic carbocycles. The van der Waals surface area contributed by atoms with E-state index >= 15 is 0 Å². The standard InChI is InChI=1S/C22H20ClFN4O2/c23-21-19(15-25-28(22(21)30)18-7-2-1-3-8-18)26-9-11-27(12-10-26)20(29)14-16-5-4-6-17(24)13-16/h1-8,13,15H,9-12,14H2. The molecule has 1 saturated heterocycles. The highest BCUT2D eigenvalue weighted by Gasteiger charge is 2.24. The molecule has 1 aromatic heterocycles. The van der Waals surface area contributed by atoms with E-state index in [9.17, 15) is 14.0 Å². The first-order valence-electron chi connectivity index (χ1n) is 9.63. The van der Waals surface area contributed by atoms with Gasteiger partial charge in [0.1, 0.15) is 10.8 Å². The number of hydrogen-bond acceptors (Lipinski definition) is 4. The minimum absolute atomic E-state index is 0.0519. The lowest BCUT2D eigenvalue weighted by atomic mass is 10.1. The highest BCUT2D eigenvalue weighted by molar-refractivity contribution is 6.33. The Morgan fingerprint density at radius 3 is 2.47 bits per heavy atom. The predicted octanol–water partition coefficient (Wildman–Crippen LogP) is 2.92. The average molecular weight is 427 g/mol. The molecule has 3 aromatic rings. The Balaban J connectivity index is 1.43. The fourth-order valence-electron chi connectivity index (χ4n) is 3.53. The zero-order valence-electron chi connectivity index (χ0n) is 16.2. The van der Waals surface area contributed by atoms with Crippen LogP contribution >= 0.6 is 11.6 Å². The van der Waals surface area contributed by atoms with Crippen molar-refractivity contribution in [1.29, 1.82) is 0 Å². The normalized spacial score (nSPS) is 14.1. The Morgan fingerprint density at radius 2 is 1.77 bits per heavy atom. The van der Waals surface area contributed by atoms with Gasteiger partial charge in [-0.05, 0) is 29.8 Å². The van der Waals surface area contributed by atoms with Crippen LogP contribution in [0.1, 0.15) is 5.56 Å². The number of nitrogens with zero attached hydrogens (tertiary/aromatic N) is 4. The van der Waals surface area contributed by atoms with E-state index in [2.05, 4.69) is 5.10 Å². The SMILES string of the molecule is O=C(Cc1cccc(F)c1)N1CCN(c2cnn(-c3ccccc3)c(=O)c2Cl)CC1. The highest BCUT2D eigenvalue weighted by atomic mass is 35.5. The predicted molar refractivity (Wildman–Crippen MR) is 114 cm³/mol. The molecule has 1 aliphatic heterocycles. The number of halogens is 2. The van der Waals surface area contributed by atoms with Crippen LogP contribution < -0.4 is 10.5 Å². The van der Waals surface area contributed by atoms with E-state index in [4.69, 9.17) is 11.6 Å². The molecule has 2 aromatic carbocycles. The van der Waals surface area contributed by atoms with Crippen LogP contribution in [-0.4, -0.2) is 46.8 Å². The summed E-state index contributed by atoms with van der Waals surface area (Å²) in [7, 11) is 0. The van der Waals surface area contributed by atoms with Gasteiger partial charge in [-0.15, -0.1) is 0 Å². The zero-order valence-corrected chi connectivity index (χ0v) is 16.9. The number of hydrogen-bond donors (Lipinski definition) is 0. The van der Waals surface area contributed by atoms with E-state index < -0.39 is 0 Å². The van der Waals surface area contributed by atoms with E-state index in [0.717, 1.165) is 0 Å². The molecule has 154 valence electrons. The number of benzene rings is 2. The Hall–Kier alpha value is -3.19. The Bertz CT molecular complexity index is 1110. The summed E-state index contributed by atoms with van der Waals surface area (Å²) < 4.78 is 14.6. The number of anilines is 1. The molecule has 0 unspecified atom stereocenters. The molecule has 0 bridgehead atoms. The van der Waals surface area contributed by atoms with E-state index in [-0.39, 0.29) is 28.7 Å². The van der Waals surface area contributed by atoms with E-state index in [0.29, 0.717) is 43.1 Å². The lowest BCUT2D eigenvalue weighted by molar-refractivity contribution is -0.130. The number of piperazine rings is 1. The summed E-state index contributed by atoms with van der Waals surface area (Å²) in [5, 5.41) is 4.37. The summed E-state index contributed by atoms with van der Waals surface area (Å²) in [4.78, 5) is 28.9. The number of aromatic nitrogens is 2. The quantitative estimate of drug-likeness (QED) is 0.643. The van der Waals surface area contributed by atoms with Crippen molar-refractivity contribution >= 4 is 23.2 Å². The topological polar surface area (TPSA) is 58.4 Å². The number of para-hydroxylation sites is 1. The maximum absolute atomic E-state index is 13.3. The van der Waals surface area contributed by atoms with Crippen LogP contribution in [0.3, 0.4) is 0 Å². The molecule has 0 saturated carbocycles. The van der Waals surface area contributed by atoms with Crippen molar-refractivity contribution in [2.75, 3.05) is 31.1 Å². The molecular formula is C22H20ClFN4O2. The van der Waals surface area contributed by atoms with Gasteiger partial charge in [-0.3, -0.25) is 9.59 Å². The third-order valence-corrected chi connectivity index (χ3v) is 5.47. The molecule has 4 rings (SSSR count). The molecule has 1 amide bonds. The summed E-state index contributed by atoms with van der Waals surface area (Å²) in [6.07, 6.45) is 1.74. The molecule has 1 aliphatic rings. The average Bonchev–Trinajstić information content (AvgIpc) is 2.76. The van der Waals surface area contributed by atoms with E-state index in [1.165, 1.54) is 16.8 Å². The first-order chi connectivity index (χ1) is 14.5. The first kappa shape index (κ1) is 20.1. The molecule has 2 heterocycles. The summed E-state index contributed by atoms with van der Waals surface area (Å²) in [6, 6.07) is 15.2. The van der Waals surface area contributed by atoms with Gasteiger partial charge in [-0.1, -0.05) is 41.9 Å². The second-order valence-corrected chi connectivity index (χ2v) is 7.45. The Labute approximate surface area is 178 Å². The molecule has 8 heteroatoms. The Kier molecular flexibility index (Phi) is 5.81. The van der Waals surface area contributed by atoms with Crippen LogP contribution in [0.4, 0.5) is 10.1 Å². The van der Waals surface area contributed by atoms with Crippen LogP contribution in [0.5, 0.6) is 0 Å². The summed E-state index contributed by atoms with van der Waals surface area (Å²) in [5.74, 6) is -0.401. The van der Waals surface area contributed by atoms with Crippen molar-refractivity contribution in [1.82, 2.24) is 14.7 Å². The van der Waals surface area contributed by atoms with Gasteiger partial charge in [-0.2, -0.15) is 9.78 Å². The van der Waals surface area contributed by atoms with Crippen LogP contribution in [-0.2, 0) is 11.2 Å². The number of carbonyl (C=O) groups excluding carboxylic acids is 1. The summed E-state index contributed by atoms with van der Waals surface area (Å²) >= 11 is 6.37. The highest BCUT2D eigenvalue weighted by Crippen LogP contribution is 2.23. The van der Waals surface area contributed by atoms with Crippen molar-refractivity contribution in [3.63, 3.8) is 0 Å². The minimum Gasteiger partial charge on any atom is -0.365 e. The summed E-state index contributed by atoms with van der Waals surface area (Å²) in [6.45, 7) is 2.05. The van der Waals surface area contributed by atoms with E-state index in [1.54, 1.807) is 35.4 Å². The molecule has 0 radical (unpaired) electrons. The molecule has 30 heavy (non-hydrogen) atoms. The number of amides is 1. The largest absolute Gasteiger partial charge is 0.365 e.